The summed E-state index contributed by atoms with van der Waals surface area (Å²) in [6.07, 6.45) is 1.20. The van der Waals surface area contributed by atoms with Gasteiger partial charge in [-0.3, -0.25) is 0 Å². The van der Waals surface area contributed by atoms with Crippen molar-refractivity contribution >= 4 is 58.0 Å². The van der Waals surface area contributed by atoms with Gasteiger partial charge in [0.2, 0.25) is 5.95 Å². The summed E-state index contributed by atoms with van der Waals surface area (Å²) in [7, 11) is 1.40. The van der Waals surface area contributed by atoms with Crippen LogP contribution in [0.4, 0.5) is 4.39 Å². The zero-order valence-corrected chi connectivity index (χ0v) is 13.6. The molecule has 0 unspecified atom stereocenters. The molecule has 0 saturated carbocycles. The van der Waals surface area contributed by atoms with Gasteiger partial charge in [0.1, 0.15) is 5.75 Å². The van der Waals surface area contributed by atoms with E-state index in [9.17, 15) is 4.39 Å². The maximum absolute atomic E-state index is 13.4. The molecule has 0 aliphatic rings. The Morgan fingerprint density at radius 2 is 1.45 bits per heavy atom. The fourth-order valence-electron chi connectivity index (χ4n) is 1.62. The van der Waals surface area contributed by atoms with Gasteiger partial charge in [-0.05, 0) is 0 Å². The summed E-state index contributed by atoms with van der Waals surface area (Å²) in [5, 5.41) is 0.180. The second kappa shape index (κ2) is 6.12. The lowest BCUT2D eigenvalue weighted by Gasteiger charge is -2.15. The largest absolute Gasteiger partial charge is 0.494 e. The van der Waals surface area contributed by atoms with Crippen molar-refractivity contribution in [2.75, 3.05) is 7.11 Å². The number of rotatable bonds is 2. The first kappa shape index (κ1) is 15.9. The van der Waals surface area contributed by atoms with Crippen molar-refractivity contribution in [1.82, 2.24) is 4.98 Å². The molecule has 2 aromatic rings. The van der Waals surface area contributed by atoms with Crippen LogP contribution in [0, 0.1) is 5.95 Å². The number of aromatic nitrogens is 1. The Kier molecular flexibility index (Phi) is 4.88. The Bertz CT molecular complexity index is 663. The van der Waals surface area contributed by atoms with Gasteiger partial charge in [-0.25, -0.2) is 4.98 Å². The van der Waals surface area contributed by atoms with Gasteiger partial charge in [-0.1, -0.05) is 58.0 Å². The van der Waals surface area contributed by atoms with E-state index >= 15 is 0 Å². The molecule has 0 spiro atoms. The van der Waals surface area contributed by atoms with E-state index in [2.05, 4.69) is 4.98 Å². The number of hydrogen-bond donors (Lipinski definition) is 0. The molecule has 1 aromatic heterocycles. The average molecular weight is 375 g/mol. The summed E-state index contributed by atoms with van der Waals surface area (Å²) < 4.78 is 18.5. The quantitative estimate of drug-likeness (QED) is 0.356. The monoisotopic (exact) mass is 373 g/mol. The van der Waals surface area contributed by atoms with Gasteiger partial charge < -0.3 is 4.74 Å². The van der Waals surface area contributed by atoms with Gasteiger partial charge in [0.25, 0.3) is 0 Å². The molecule has 0 radical (unpaired) electrons. The van der Waals surface area contributed by atoms with Crippen molar-refractivity contribution in [2.24, 2.45) is 0 Å². The molecule has 0 amide bonds. The Balaban J connectivity index is 2.86. The van der Waals surface area contributed by atoms with E-state index < -0.39 is 5.95 Å². The van der Waals surface area contributed by atoms with Crippen molar-refractivity contribution < 1.29 is 9.13 Å². The molecule has 2 rings (SSSR count). The van der Waals surface area contributed by atoms with E-state index in [1.165, 1.54) is 13.3 Å². The van der Waals surface area contributed by atoms with Gasteiger partial charge in [0.15, 0.2) is 0 Å². The molecule has 0 fully saturated rings. The highest BCUT2D eigenvalue weighted by atomic mass is 35.5. The fourth-order valence-corrected chi connectivity index (χ4v) is 2.96. The molecule has 0 N–H and O–H groups in total. The van der Waals surface area contributed by atoms with Crippen LogP contribution in [0.25, 0.3) is 11.1 Å². The van der Waals surface area contributed by atoms with Gasteiger partial charge >= 0.3 is 0 Å². The molecule has 0 aliphatic carbocycles. The predicted octanol–water partition coefficient (Wildman–Crippen LogP) is 6.16. The van der Waals surface area contributed by atoms with E-state index in [0.29, 0.717) is 0 Å². The molecule has 2 nitrogen and oxygen atoms in total. The molecule has 1 heterocycles. The molecule has 20 heavy (non-hydrogen) atoms. The van der Waals surface area contributed by atoms with Gasteiger partial charge in [-0.15, -0.1) is 0 Å². The van der Waals surface area contributed by atoms with E-state index in [1.807, 2.05) is 0 Å². The van der Waals surface area contributed by atoms with Crippen molar-refractivity contribution in [2.45, 2.75) is 0 Å². The molecule has 1 aromatic carbocycles. The first-order chi connectivity index (χ1) is 9.38. The zero-order valence-electron chi connectivity index (χ0n) is 9.78. The average Bonchev–Trinajstić information content (AvgIpc) is 2.43. The normalized spacial score (nSPS) is 10.8. The number of hydrogen-bond acceptors (Lipinski definition) is 2. The van der Waals surface area contributed by atoms with E-state index in [0.717, 1.165) is 6.07 Å². The number of nitrogens with zero attached hydrogens (tertiary/aromatic N) is 1. The van der Waals surface area contributed by atoms with Gasteiger partial charge in [-0.2, -0.15) is 4.39 Å². The van der Waals surface area contributed by atoms with Crippen molar-refractivity contribution in [3.8, 4) is 16.9 Å². The predicted molar refractivity (Wildman–Crippen MR) is 81.2 cm³/mol. The highest BCUT2D eigenvalue weighted by Gasteiger charge is 2.23. The molecular weight excluding hydrogens is 370 g/mol. The van der Waals surface area contributed by atoms with E-state index in [1.54, 1.807) is 0 Å². The van der Waals surface area contributed by atoms with Crippen LogP contribution in [0.5, 0.6) is 5.75 Å². The van der Waals surface area contributed by atoms with Crippen molar-refractivity contribution in [3.05, 3.63) is 43.3 Å². The Hall–Kier alpha value is -0.450. The summed E-state index contributed by atoms with van der Waals surface area (Å²) in [4.78, 5) is 3.49. The molecule has 0 atom stereocenters. The van der Waals surface area contributed by atoms with E-state index in [-0.39, 0.29) is 42.0 Å². The minimum atomic E-state index is -0.727. The third kappa shape index (κ3) is 2.66. The molecular formula is C12H5Cl5FNO. The Morgan fingerprint density at radius 3 is 1.95 bits per heavy atom. The summed E-state index contributed by atoms with van der Waals surface area (Å²) in [5.41, 5.74) is 0.501. The first-order valence-electron chi connectivity index (χ1n) is 5.09. The maximum Gasteiger partial charge on any atom is 0.213 e. The Labute approximate surface area is 139 Å². The smallest absolute Gasteiger partial charge is 0.213 e. The van der Waals surface area contributed by atoms with Crippen LogP contribution in [0.15, 0.2) is 12.3 Å². The highest BCUT2D eigenvalue weighted by Crippen LogP contribution is 2.49. The van der Waals surface area contributed by atoms with Crippen LogP contribution in [0.2, 0.25) is 25.1 Å². The highest BCUT2D eigenvalue weighted by molar-refractivity contribution is 6.56. The van der Waals surface area contributed by atoms with Gasteiger partial charge in [0.05, 0.1) is 38.4 Å². The lowest BCUT2D eigenvalue weighted by atomic mass is 10.1. The van der Waals surface area contributed by atoms with Crippen LogP contribution < -0.4 is 4.74 Å². The topological polar surface area (TPSA) is 22.1 Å². The molecule has 0 aliphatic heterocycles. The second-order valence-corrected chi connectivity index (χ2v) is 5.54. The molecule has 106 valence electrons. The number of halogens is 6. The SMILES string of the molecule is COc1cnc(F)cc1-c1c(Cl)c(Cl)c(Cl)c(Cl)c1Cl. The van der Waals surface area contributed by atoms with E-state index in [4.69, 9.17) is 62.7 Å². The maximum atomic E-state index is 13.4. The number of ether oxygens (including phenoxy) is 1. The second-order valence-electron chi connectivity index (χ2n) is 3.65. The first-order valence-corrected chi connectivity index (χ1v) is 6.98. The summed E-state index contributed by atoms with van der Waals surface area (Å²) in [5.74, 6) is -0.459. The van der Waals surface area contributed by atoms with Gasteiger partial charge in [0, 0.05) is 17.2 Å². The summed E-state index contributed by atoms with van der Waals surface area (Å²) in [6, 6.07) is 1.12. The van der Waals surface area contributed by atoms with Crippen molar-refractivity contribution in [3.63, 3.8) is 0 Å². The van der Waals surface area contributed by atoms with Crippen LogP contribution in [0.1, 0.15) is 0 Å². The standard InChI is InChI=1S/C12H5Cl5FNO/c1-20-5-3-19-6(18)2-4(5)7-8(13)10(15)12(17)11(16)9(7)14/h2-3H,1H3. The van der Waals surface area contributed by atoms with Crippen LogP contribution in [0.3, 0.4) is 0 Å². The third-order valence-electron chi connectivity index (χ3n) is 2.53. The molecule has 0 bridgehead atoms. The number of methoxy groups -OCH3 is 1. The summed E-state index contributed by atoms with van der Waals surface area (Å²) in [6.45, 7) is 0. The Morgan fingerprint density at radius 1 is 0.950 bits per heavy atom. The zero-order chi connectivity index (χ0) is 15.0. The minimum Gasteiger partial charge on any atom is -0.494 e. The minimum absolute atomic E-state index is 0.0250. The number of pyridine rings is 1. The van der Waals surface area contributed by atoms with Crippen molar-refractivity contribution in [1.29, 1.82) is 0 Å². The lowest BCUT2D eigenvalue weighted by Crippen LogP contribution is -1.94. The third-order valence-corrected chi connectivity index (χ3v) is 4.81. The molecule has 0 saturated heterocycles. The fraction of sp³-hybridized carbons (Fsp3) is 0.0833. The molecule has 8 heteroatoms. The number of benzene rings is 1. The summed E-state index contributed by atoms with van der Waals surface area (Å²) >= 11 is 30.1. The van der Waals surface area contributed by atoms with Crippen LogP contribution >= 0.6 is 58.0 Å². The van der Waals surface area contributed by atoms with Crippen LogP contribution in [-0.2, 0) is 0 Å². The lowest BCUT2D eigenvalue weighted by molar-refractivity contribution is 0.412. The van der Waals surface area contributed by atoms with Crippen LogP contribution in [-0.4, -0.2) is 12.1 Å².